The normalized spacial score (nSPS) is 14.2. The van der Waals surface area contributed by atoms with E-state index in [-0.39, 0.29) is 6.61 Å². The van der Waals surface area contributed by atoms with E-state index in [1.807, 2.05) is 32.0 Å². The predicted molar refractivity (Wildman–Crippen MR) is 63.5 cm³/mol. The van der Waals surface area contributed by atoms with E-state index >= 15 is 0 Å². The maximum atomic E-state index is 11.3. The number of esters is 1. The number of aliphatic hydroxyl groups excluding tert-OH is 2. The Morgan fingerprint density at radius 2 is 1.82 bits per heavy atom. The van der Waals surface area contributed by atoms with Gasteiger partial charge in [-0.1, -0.05) is 18.2 Å². The highest BCUT2D eigenvalue weighted by molar-refractivity contribution is 5.75. The van der Waals surface area contributed by atoms with Crippen molar-refractivity contribution < 1.29 is 19.7 Å². The van der Waals surface area contributed by atoms with E-state index in [1.165, 1.54) is 0 Å². The van der Waals surface area contributed by atoms with Gasteiger partial charge in [-0.2, -0.15) is 0 Å². The predicted octanol–water partition coefficient (Wildman–Crippen LogP) is 1.26. The Hall–Kier alpha value is -1.39. The van der Waals surface area contributed by atoms with Gasteiger partial charge in [0.15, 0.2) is 6.10 Å². The molecule has 0 amide bonds. The molecule has 2 atom stereocenters. The van der Waals surface area contributed by atoms with Crippen molar-refractivity contribution in [2.75, 3.05) is 6.61 Å². The number of aryl methyl sites for hydroxylation is 2. The fourth-order valence-electron chi connectivity index (χ4n) is 1.81. The van der Waals surface area contributed by atoms with Crippen molar-refractivity contribution in [3.05, 3.63) is 34.9 Å². The number of rotatable bonds is 4. The molecule has 0 bridgehead atoms. The number of hydrogen-bond acceptors (Lipinski definition) is 4. The summed E-state index contributed by atoms with van der Waals surface area (Å²) < 4.78 is 4.68. The van der Waals surface area contributed by atoms with Gasteiger partial charge < -0.3 is 14.9 Å². The second-order valence-electron chi connectivity index (χ2n) is 3.95. The molecule has 0 heterocycles. The SMILES string of the molecule is CCOC(=O)C(O)C(O)c1c(C)cccc1C. The van der Waals surface area contributed by atoms with Crippen molar-refractivity contribution in [2.24, 2.45) is 0 Å². The maximum absolute atomic E-state index is 11.3. The standard InChI is InChI=1S/C13H18O4/c1-4-17-13(16)12(15)11(14)10-8(2)6-5-7-9(10)3/h5-7,11-12,14-15H,4H2,1-3H3. The molecule has 0 aliphatic rings. The quantitative estimate of drug-likeness (QED) is 0.775. The molecular weight excluding hydrogens is 220 g/mol. The molecule has 17 heavy (non-hydrogen) atoms. The zero-order valence-corrected chi connectivity index (χ0v) is 10.3. The second kappa shape index (κ2) is 5.80. The van der Waals surface area contributed by atoms with Crippen LogP contribution in [0.2, 0.25) is 0 Å². The van der Waals surface area contributed by atoms with Crippen LogP contribution in [0.15, 0.2) is 18.2 Å². The van der Waals surface area contributed by atoms with Gasteiger partial charge in [0.2, 0.25) is 0 Å². The number of carbonyl (C=O) groups is 1. The molecular formula is C13H18O4. The molecule has 4 heteroatoms. The van der Waals surface area contributed by atoms with Gasteiger partial charge in [0, 0.05) is 0 Å². The molecule has 1 rings (SSSR count). The van der Waals surface area contributed by atoms with Crippen LogP contribution in [0, 0.1) is 13.8 Å². The van der Waals surface area contributed by atoms with Crippen LogP contribution < -0.4 is 0 Å². The molecule has 4 nitrogen and oxygen atoms in total. The smallest absolute Gasteiger partial charge is 0.338 e. The minimum atomic E-state index is -1.55. The Balaban J connectivity index is 2.96. The summed E-state index contributed by atoms with van der Waals surface area (Å²) in [7, 11) is 0. The van der Waals surface area contributed by atoms with E-state index in [0.717, 1.165) is 11.1 Å². The molecule has 0 aromatic heterocycles. The Labute approximate surface area is 101 Å². The van der Waals surface area contributed by atoms with Gasteiger partial charge in [-0.3, -0.25) is 0 Å². The highest BCUT2D eigenvalue weighted by Crippen LogP contribution is 2.24. The van der Waals surface area contributed by atoms with Crippen molar-refractivity contribution in [3.8, 4) is 0 Å². The van der Waals surface area contributed by atoms with Crippen LogP contribution in [0.4, 0.5) is 0 Å². The molecule has 0 fully saturated rings. The molecule has 0 saturated heterocycles. The van der Waals surface area contributed by atoms with Crippen LogP contribution in [0.3, 0.4) is 0 Å². The summed E-state index contributed by atoms with van der Waals surface area (Å²) in [4.78, 5) is 11.3. The van der Waals surface area contributed by atoms with E-state index in [0.29, 0.717) is 5.56 Å². The zero-order valence-electron chi connectivity index (χ0n) is 10.3. The third-order valence-corrected chi connectivity index (χ3v) is 2.67. The van der Waals surface area contributed by atoms with Gasteiger partial charge >= 0.3 is 5.97 Å². The minimum Gasteiger partial charge on any atom is -0.464 e. The molecule has 0 aliphatic heterocycles. The van der Waals surface area contributed by atoms with E-state index in [1.54, 1.807) is 6.92 Å². The summed E-state index contributed by atoms with van der Waals surface area (Å²) in [6, 6.07) is 5.50. The topological polar surface area (TPSA) is 66.8 Å². The third-order valence-electron chi connectivity index (χ3n) is 2.67. The molecule has 0 saturated carbocycles. The maximum Gasteiger partial charge on any atom is 0.338 e. The van der Waals surface area contributed by atoms with E-state index in [4.69, 9.17) is 0 Å². The van der Waals surface area contributed by atoms with Crippen molar-refractivity contribution in [1.29, 1.82) is 0 Å². The summed E-state index contributed by atoms with van der Waals surface area (Å²) in [5, 5.41) is 19.7. The molecule has 0 aliphatic carbocycles. The largest absolute Gasteiger partial charge is 0.464 e. The highest BCUT2D eigenvalue weighted by Gasteiger charge is 2.28. The lowest BCUT2D eigenvalue weighted by Crippen LogP contribution is -2.30. The molecule has 1 aromatic rings. The van der Waals surface area contributed by atoms with Gasteiger partial charge in [0.25, 0.3) is 0 Å². The molecule has 0 spiro atoms. The molecule has 2 unspecified atom stereocenters. The summed E-state index contributed by atoms with van der Waals surface area (Å²) in [5.74, 6) is -0.803. The van der Waals surface area contributed by atoms with E-state index < -0.39 is 18.2 Å². The lowest BCUT2D eigenvalue weighted by atomic mass is 9.95. The number of hydrogen-bond donors (Lipinski definition) is 2. The monoisotopic (exact) mass is 238 g/mol. The molecule has 1 aromatic carbocycles. The van der Waals surface area contributed by atoms with Crippen molar-refractivity contribution in [1.82, 2.24) is 0 Å². The van der Waals surface area contributed by atoms with E-state index in [2.05, 4.69) is 4.74 Å². The average Bonchev–Trinajstić information content (AvgIpc) is 2.27. The lowest BCUT2D eigenvalue weighted by Gasteiger charge is -2.20. The molecule has 2 N–H and O–H groups in total. The first-order chi connectivity index (χ1) is 7.99. The van der Waals surface area contributed by atoms with Gasteiger partial charge in [0.05, 0.1) is 6.61 Å². The van der Waals surface area contributed by atoms with Gasteiger partial charge in [-0.25, -0.2) is 4.79 Å². The second-order valence-corrected chi connectivity index (χ2v) is 3.95. The van der Waals surface area contributed by atoms with E-state index in [9.17, 15) is 15.0 Å². The third kappa shape index (κ3) is 3.05. The van der Waals surface area contributed by atoms with Crippen LogP contribution >= 0.6 is 0 Å². The lowest BCUT2D eigenvalue weighted by molar-refractivity contribution is -0.159. The fourth-order valence-corrected chi connectivity index (χ4v) is 1.81. The van der Waals surface area contributed by atoms with Crippen molar-refractivity contribution in [3.63, 3.8) is 0 Å². The first kappa shape index (κ1) is 13.7. The summed E-state index contributed by atoms with van der Waals surface area (Å²) in [6.45, 7) is 5.47. The summed E-state index contributed by atoms with van der Waals surface area (Å²) in [6.07, 6.45) is -2.80. The Morgan fingerprint density at radius 1 is 1.29 bits per heavy atom. The Morgan fingerprint density at radius 3 is 2.29 bits per heavy atom. The summed E-state index contributed by atoms with van der Waals surface area (Å²) >= 11 is 0. The first-order valence-electron chi connectivity index (χ1n) is 5.58. The minimum absolute atomic E-state index is 0.176. The highest BCUT2D eigenvalue weighted by atomic mass is 16.5. The Bertz CT molecular complexity index is 380. The zero-order chi connectivity index (χ0) is 13.0. The number of ether oxygens (including phenoxy) is 1. The number of carbonyl (C=O) groups excluding carboxylic acids is 1. The Kier molecular flexibility index (Phi) is 4.66. The average molecular weight is 238 g/mol. The van der Waals surface area contributed by atoms with Gasteiger partial charge in [-0.15, -0.1) is 0 Å². The van der Waals surface area contributed by atoms with Gasteiger partial charge in [-0.05, 0) is 37.5 Å². The molecule has 94 valence electrons. The summed E-state index contributed by atoms with van der Waals surface area (Å²) in [5.41, 5.74) is 2.25. The van der Waals surface area contributed by atoms with Gasteiger partial charge in [0.1, 0.15) is 6.10 Å². The fraction of sp³-hybridized carbons (Fsp3) is 0.462. The van der Waals surface area contributed by atoms with Crippen LogP contribution in [0.25, 0.3) is 0 Å². The first-order valence-corrected chi connectivity index (χ1v) is 5.58. The van der Waals surface area contributed by atoms with Crippen LogP contribution in [0.1, 0.15) is 29.7 Å². The van der Waals surface area contributed by atoms with Crippen molar-refractivity contribution in [2.45, 2.75) is 33.0 Å². The number of aliphatic hydroxyl groups is 2. The van der Waals surface area contributed by atoms with Crippen LogP contribution in [-0.2, 0) is 9.53 Å². The van der Waals surface area contributed by atoms with Crippen LogP contribution in [0.5, 0.6) is 0 Å². The number of benzene rings is 1. The van der Waals surface area contributed by atoms with Crippen molar-refractivity contribution >= 4 is 5.97 Å². The van der Waals surface area contributed by atoms with Crippen LogP contribution in [-0.4, -0.2) is 28.9 Å². The molecule has 0 radical (unpaired) electrons.